The van der Waals surface area contributed by atoms with Crippen molar-refractivity contribution in [3.8, 4) is 23.8 Å². The van der Waals surface area contributed by atoms with Crippen LogP contribution in [0.4, 0.5) is 5.95 Å². The molecule has 0 aliphatic rings. The van der Waals surface area contributed by atoms with Crippen LogP contribution in [0.3, 0.4) is 0 Å². The number of nitrogen functional groups attached to an aromatic ring is 1. The van der Waals surface area contributed by atoms with Crippen molar-refractivity contribution in [2.24, 2.45) is 15.4 Å². The SMILES string of the molecule is C#CCOc1c(Br)cc(C=Nn2nnnc2N)cc1OC.C=C.C=NN=N. The lowest BCUT2D eigenvalue weighted by Gasteiger charge is -2.11. The number of nitrogens with two attached hydrogens (primary N) is 1. The molecule has 0 atom stereocenters. The number of terminal acetylenes is 1. The molecule has 2 rings (SSSR count). The quantitative estimate of drug-likeness (QED) is 0.233. The third-order valence-corrected chi connectivity index (χ3v) is 3.00. The van der Waals surface area contributed by atoms with E-state index in [1.54, 1.807) is 12.1 Å². The Morgan fingerprint density at radius 1 is 1.48 bits per heavy atom. The van der Waals surface area contributed by atoms with E-state index in [9.17, 15) is 0 Å². The third-order valence-electron chi connectivity index (χ3n) is 2.42. The van der Waals surface area contributed by atoms with Gasteiger partial charge in [0.1, 0.15) is 6.61 Å². The standard InChI is InChI=1S/C12H11BrN6O2.C2H4.CH3N3/c1-3-4-21-11-9(13)5-8(6-10(11)20-2)7-15-19-12(14)16-17-18-19;1-2;1-3-4-2/h1,5-7H,4H2,2H3,(H2,14,16,18);1-2H2;2H,1H2. The van der Waals surface area contributed by atoms with Crippen molar-refractivity contribution in [3.63, 3.8) is 0 Å². The molecule has 1 aromatic carbocycles. The summed E-state index contributed by atoms with van der Waals surface area (Å²) in [5.41, 5.74) is 12.1. The summed E-state index contributed by atoms with van der Waals surface area (Å²) in [6.07, 6.45) is 6.71. The lowest BCUT2D eigenvalue weighted by atomic mass is 10.2. The number of nitrogens with zero attached hydrogens (tertiary/aromatic N) is 7. The fraction of sp³-hybridized carbons (Fsp3) is 0.133. The number of aromatic nitrogens is 4. The predicted molar refractivity (Wildman–Crippen MR) is 106 cm³/mol. The van der Waals surface area contributed by atoms with Gasteiger partial charge in [0, 0.05) is 6.72 Å². The first kappa shape index (κ1) is 23.4. The molecule has 11 nitrogen and oxygen atoms in total. The summed E-state index contributed by atoms with van der Waals surface area (Å²) in [5, 5.41) is 19.8. The van der Waals surface area contributed by atoms with Gasteiger partial charge in [-0.15, -0.1) is 24.7 Å². The van der Waals surface area contributed by atoms with Gasteiger partial charge < -0.3 is 15.2 Å². The second-order valence-electron chi connectivity index (χ2n) is 3.94. The largest absolute Gasteiger partial charge is 0.493 e. The number of tetrazole rings is 1. The van der Waals surface area contributed by atoms with E-state index in [0.717, 1.165) is 10.4 Å². The summed E-state index contributed by atoms with van der Waals surface area (Å²) < 4.78 is 11.4. The van der Waals surface area contributed by atoms with Crippen LogP contribution >= 0.6 is 15.9 Å². The molecular formula is C15H18BrN9O2. The van der Waals surface area contributed by atoms with Crippen molar-refractivity contribution in [3.05, 3.63) is 35.3 Å². The minimum absolute atomic E-state index is 0.0891. The second-order valence-corrected chi connectivity index (χ2v) is 4.79. The summed E-state index contributed by atoms with van der Waals surface area (Å²) in [6, 6.07) is 3.53. The number of halogens is 1. The average Bonchev–Trinajstić information content (AvgIpc) is 3.11. The van der Waals surface area contributed by atoms with Gasteiger partial charge >= 0.3 is 0 Å². The Labute approximate surface area is 164 Å². The first-order chi connectivity index (χ1) is 13.1. The fourth-order valence-corrected chi connectivity index (χ4v) is 2.04. The summed E-state index contributed by atoms with van der Waals surface area (Å²) in [7, 11) is 1.53. The maximum absolute atomic E-state index is 5.85. The fourth-order valence-electron chi connectivity index (χ4n) is 1.46. The van der Waals surface area contributed by atoms with E-state index in [1.165, 1.54) is 13.3 Å². The number of ether oxygens (including phenoxy) is 2. The Morgan fingerprint density at radius 3 is 2.63 bits per heavy atom. The Hall–Kier alpha value is -3.59. The maximum Gasteiger partial charge on any atom is 0.263 e. The molecule has 12 heteroatoms. The molecule has 0 bridgehead atoms. The van der Waals surface area contributed by atoms with Crippen molar-refractivity contribution in [1.82, 2.24) is 20.3 Å². The van der Waals surface area contributed by atoms with Crippen molar-refractivity contribution < 1.29 is 9.47 Å². The Balaban J connectivity index is 0.000000998. The molecule has 0 saturated carbocycles. The Bertz CT molecular complexity index is 808. The van der Waals surface area contributed by atoms with Crippen LogP contribution in [-0.2, 0) is 0 Å². The molecule has 27 heavy (non-hydrogen) atoms. The number of nitrogens with one attached hydrogen (secondary N) is 1. The minimum Gasteiger partial charge on any atom is -0.493 e. The van der Waals surface area contributed by atoms with Gasteiger partial charge in [-0.25, -0.2) is 0 Å². The van der Waals surface area contributed by atoms with Crippen molar-refractivity contribution in [1.29, 1.82) is 5.53 Å². The predicted octanol–water partition coefficient (Wildman–Crippen LogP) is 2.36. The second kappa shape index (κ2) is 13.7. The monoisotopic (exact) mass is 435 g/mol. The van der Waals surface area contributed by atoms with E-state index in [-0.39, 0.29) is 12.6 Å². The van der Waals surface area contributed by atoms with Crippen molar-refractivity contribution in [2.45, 2.75) is 0 Å². The Morgan fingerprint density at radius 2 is 2.15 bits per heavy atom. The zero-order valence-corrected chi connectivity index (χ0v) is 16.1. The third kappa shape index (κ3) is 7.88. The zero-order chi connectivity index (χ0) is 20.7. The molecule has 0 saturated heterocycles. The molecule has 1 heterocycles. The molecule has 0 aliphatic heterocycles. The summed E-state index contributed by atoms with van der Waals surface area (Å²) >= 11 is 3.40. The molecule has 3 N–H and O–H groups in total. The number of benzene rings is 1. The summed E-state index contributed by atoms with van der Waals surface area (Å²) in [6.45, 7) is 9.02. The van der Waals surface area contributed by atoms with Crippen LogP contribution in [0.5, 0.6) is 11.5 Å². The normalized spacial score (nSPS) is 9.07. The minimum atomic E-state index is 0.0891. The molecule has 2 aromatic rings. The van der Waals surface area contributed by atoms with E-state index >= 15 is 0 Å². The summed E-state index contributed by atoms with van der Waals surface area (Å²) in [4.78, 5) is 1.10. The van der Waals surface area contributed by atoms with Crippen molar-refractivity contribution >= 4 is 34.8 Å². The number of methoxy groups -OCH3 is 1. The van der Waals surface area contributed by atoms with Crippen LogP contribution < -0.4 is 15.2 Å². The smallest absolute Gasteiger partial charge is 0.263 e. The maximum atomic E-state index is 5.85. The van der Waals surface area contributed by atoms with E-state index in [0.29, 0.717) is 16.0 Å². The number of hydrogen-bond donors (Lipinski definition) is 2. The number of anilines is 1. The van der Waals surface area contributed by atoms with Gasteiger partial charge in [-0.3, -0.25) is 0 Å². The molecule has 0 aliphatic carbocycles. The molecule has 0 radical (unpaired) electrons. The molecule has 142 valence electrons. The highest BCUT2D eigenvalue weighted by molar-refractivity contribution is 9.10. The van der Waals surface area contributed by atoms with Crippen LogP contribution in [0.15, 0.2) is 45.2 Å². The molecule has 0 unspecified atom stereocenters. The highest BCUT2D eigenvalue weighted by Gasteiger charge is 2.11. The van der Waals surface area contributed by atoms with Gasteiger partial charge in [-0.2, -0.15) is 10.6 Å². The topological polar surface area (TPSA) is 149 Å². The highest BCUT2D eigenvalue weighted by atomic mass is 79.9. The lowest BCUT2D eigenvalue weighted by molar-refractivity contribution is 0.329. The van der Waals surface area contributed by atoms with Gasteiger partial charge in [0.05, 0.1) is 17.8 Å². The van der Waals surface area contributed by atoms with Gasteiger partial charge in [0.25, 0.3) is 5.95 Å². The van der Waals surface area contributed by atoms with Gasteiger partial charge in [-0.1, -0.05) is 21.0 Å². The van der Waals surface area contributed by atoms with E-state index < -0.39 is 0 Å². The van der Waals surface area contributed by atoms with Crippen LogP contribution in [0.25, 0.3) is 0 Å². The lowest BCUT2D eigenvalue weighted by Crippen LogP contribution is -2.01. The zero-order valence-electron chi connectivity index (χ0n) is 14.5. The number of rotatable bonds is 6. The first-order valence-corrected chi connectivity index (χ1v) is 7.71. The highest BCUT2D eigenvalue weighted by Crippen LogP contribution is 2.36. The number of hydrogen-bond acceptors (Lipinski definition) is 9. The first-order valence-electron chi connectivity index (χ1n) is 6.91. The van der Waals surface area contributed by atoms with Gasteiger partial charge in [-0.05, 0) is 44.1 Å². The molecular weight excluding hydrogens is 418 g/mol. The summed E-state index contributed by atoms with van der Waals surface area (Å²) in [5.74, 6) is 3.53. The molecule has 0 spiro atoms. The van der Waals surface area contributed by atoms with E-state index in [4.69, 9.17) is 27.2 Å². The van der Waals surface area contributed by atoms with Crippen LogP contribution in [0.2, 0.25) is 0 Å². The molecule has 0 fully saturated rings. The van der Waals surface area contributed by atoms with Crippen molar-refractivity contribution in [2.75, 3.05) is 19.5 Å². The Kier molecular flexibility index (Phi) is 11.9. The van der Waals surface area contributed by atoms with Gasteiger partial charge in [0.15, 0.2) is 11.5 Å². The average molecular weight is 436 g/mol. The van der Waals surface area contributed by atoms with Crippen LogP contribution in [0, 0.1) is 17.9 Å². The van der Waals surface area contributed by atoms with E-state index in [1.807, 2.05) is 0 Å². The van der Waals surface area contributed by atoms with Gasteiger partial charge in [0.2, 0.25) is 0 Å². The molecule has 0 amide bonds. The van der Waals surface area contributed by atoms with E-state index in [2.05, 4.69) is 72.7 Å². The molecule has 1 aromatic heterocycles. The van der Waals surface area contributed by atoms with Crippen LogP contribution in [-0.4, -0.2) is 47.0 Å². The van der Waals surface area contributed by atoms with Crippen LogP contribution in [0.1, 0.15) is 5.56 Å².